The number of carbonyl (C=O) groups is 3. The highest BCUT2D eigenvalue weighted by Gasteiger charge is 2.34. The minimum Gasteiger partial charge on any atom is -0.491 e. The van der Waals surface area contributed by atoms with Crippen molar-refractivity contribution in [2.75, 3.05) is 19.7 Å². The summed E-state index contributed by atoms with van der Waals surface area (Å²) in [4.78, 5) is 38.9. The van der Waals surface area contributed by atoms with Gasteiger partial charge in [-0.3, -0.25) is 19.7 Å². The number of carbonyl (C=O) groups excluding carboxylic acids is 3. The summed E-state index contributed by atoms with van der Waals surface area (Å²) in [5.41, 5.74) is 0.388. The van der Waals surface area contributed by atoms with Crippen molar-refractivity contribution in [3.05, 3.63) is 29.8 Å². The first-order chi connectivity index (χ1) is 15.2. The van der Waals surface area contributed by atoms with Gasteiger partial charge in [-0.25, -0.2) is 0 Å². The number of ether oxygens (including phenoxy) is 2. The second-order valence-corrected chi connectivity index (χ2v) is 8.62. The molecule has 2 amide bonds. The van der Waals surface area contributed by atoms with Crippen molar-refractivity contribution in [2.24, 2.45) is 5.92 Å². The van der Waals surface area contributed by atoms with Gasteiger partial charge in [0.2, 0.25) is 5.91 Å². The number of hydrogen-bond donors (Lipinski definition) is 2. The molecule has 0 radical (unpaired) electrons. The molecule has 1 heterocycles. The van der Waals surface area contributed by atoms with Crippen LogP contribution in [0.3, 0.4) is 0 Å². The number of rotatable bonds is 9. The van der Waals surface area contributed by atoms with Gasteiger partial charge in [0.05, 0.1) is 19.1 Å². The van der Waals surface area contributed by atoms with E-state index in [4.69, 9.17) is 21.7 Å². The molecule has 2 rings (SSSR count). The number of nitrogens with zero attached hydrogens (tertiary/aromatic N) is 1. The molecule has 2 N–H and O–H groups in total. The first-order valence-corrected chi connectivity index (χ1v) is 11.4. The molecule has 0 aromatic heterocycles. The molecule has 0 spiro atoms. The minimum absolute atomic E-state index is 0.0299. The van der Waals surface area contributed by atoms with Gasteiger partial charge in [-0.1, -0.05) is 26.8 Å². The quantitative estimate of drug-likeness (QED) is 0.429. The van der Waals surface area contributed by atoms with Crippen molar-refractivity contribution in [3.8, 4) is 5.75 Å². The molecule has 8 nitrogen and oxygen atoms in total. The third-order valence-electron chi connectivity index (χ3n) is 5.14. The summed E-state index contributed by atoms with van der Waals surface area (Å²) in [5.74, 6) is -0.195. The number of esters is 1. The van der Waals surface area contributed by atoms with Crippen LogP contribution in [0.5, 0.6) is 5.75 Å². The van der Waals surface area contributed by atoms with Crippen LogP contribution < -0.4 is 15.4 Å². The number of benzene rings is 1. The summed E-state index contributed by atoms with van der Waals surface area (Å²) in [6.07, 6.45) is 1.49. The summed E-state index contributed by atoms with van der Waals surface area (Å²) < 4.78 is 11.0. The van der Waals surface area contributed by atoms with Crippen molar-refractivity contribution in [3.63, 3.8) is 0 Å². The molecule has 2 unspecified atom stereocenters. The molecule has 1 fully saturated rings. The van der Waals surface area contributed by atoms with Crippen LogP contribution in [0.2, 0.25) is 0 Å². The molecule has 0 aliphatic carbocycles. The maximum absolute atomic E-state index is 12.7. The Labute approximate surface area is 195 Å². The predicted molar refractivity (Wildman–Crippen MR) is 125 cm³/mol. The summed E-state index contributed by atoms with van der Waals surface area (Å²) >= 11 is 5.41. The zero-order valence-electron chi connectivity index (χ0n) is 19.2. The molecule has 0 saturated carbocycles. The van der Waals surface area contributed by atoms with E-state index in [1.54, 1.807) is 29.2 Å². The lowest BCUT2D eigenvalue weighted by Gasteiger charge is -2.36. The lowest BCUT2D eigenvalue weighted by molar-refractivity contribution is -0.147. The number of nitrogens with one attached hydrogen (secondary N) is 2. The van der Waals surface area contributed by atoms with E-state index in [-0.39, 0.29) is 23.5 Å². The molecule has 1 aromatic carbocycles. The number of hydrogen-bond acceptors (Lipinski definition) is 6. The molecule has 9 heteroatoms. The Bertz CT molecular complexity index is 830. The van der Waals surface area contributed by atoms with Gasteiger partial charge in [-0.15, -0.1) is 0 Å². The van der Waals surface area contributed by atoms with Crippen molar-refractivity contribution in [2.45, 2.75) is 59.1 Å². The monoisotopic (exact) mass is 463 g/mol. The van der Waals surface area contributed by atoms with E-state index in [1.807, 2.05) is 27.7 Å². The van der Waals surface area contributed by atoms with Gasteiger partial charge in [-0.05, 0) is 56.1 Å². The van der Waals surface area contributed by atoms with Crippen LogP contribution >= 0.6 is 12.2 Å². The second-order valence-electron chi connectivity index (χ2n) is 8.23. The zero-order chi connectivity index (χ0) is 23.7. The molecule has 1 aliphatic rings. The largest absolute Gasteiger partial charge is 0.491 e. The van der Waals surface area contributed by atoms with Crippen LogP contribution in [0, 0.1) is 5.92 Å². The van der Waals surface area contributed by atoms with Crippen molar-refractivity contribution in [1.82, 2.24) is 15.5 Å². The molecule has 32 heavy (non-hydrogen) atoms. The number of piperazine rings is 1. The Morgan fingerprint density at radius 1 is 1.31 bits per heavy atom. The Morgan fingerprint density at radius 2 is 2.06 bits per heavy atom. The Hall–Kier alpha value is -2.68. The van der Waals surface area contributed by atoms with E-state index in [9.17, 15) is 14.4 Å². The van der Waals surface area contributed by atoms with Crippen LogP contribution in [0.15, 0.2) is 24.3 Å². The SMILES string of the molecule is CCC(C)Oc1cccc(C(=O)NC(=S)N2CCNC(=O)C2CC(=O)OCCC(C)C)c1. The highest BCUT2D eigenvalue weighted by molar-refractivity contribution is 7.80. The fraction of sp³-hybridized carbons (Fsp3) is 0.565. The maximum Gasteiger partial charge on any atom is 0.308 e. The second kappa shape index (κ2) is 12.4. The highest BCUT2D eigenvalue weighted by atomic mass is 32.1. The third-order valence-corrected chi connectivity index (χ3v) is 5.48. The zero-order valence-corrected chi connectivity index (χ0v) is 20.0. The average Bonchev–Trinajstić information content (AvgIpc) is 2.74. The lowest BCUT2D eigenvalue weighted by atomic mass is 10.1. The average molecular weight is 464 g/mol. The topological polar surface area (TPSA) is 97.0 Å². The van der Waals surface area contributed by atoms with E-state index in [0.717, 1.165) is 12.8 Å². The van der Waals surface area contributed by atoms with Crippen LogP contribution in [-0.2, 0) is 14.3 Å². The van der Waals surface area contributed by atoms with Crippen LogP contribution in [0.4, 0.5) is 0 Å². The highest BCUT2D eigenvalue weighted by Crippen LogP contribution is 2.17. The van der Waals surface area contributed by atoms with Crippen LogP contribution in [0.1, 0.15) is 57.3 Å². The van der Waals surface area contributed by atoms with Gasteiger partial charge in [0.15, 0.2) is 5.11 Å². The third kappa shape index (κ3) is 7.78. The normalized spacial score (nSPS) is 16.8. The van der Waals surface area contributed by atoms with Crippen LogP contribution in [-0.4, -0.2) is 59.6 Å². The molecule has 0 bridgehead atoms. The fourth-order valence-corrected chi connectivity index (χ4v) is 3.36. The standard InChI is InChI=1S/C23H33N3O5S/c1-5-16(4)31-18-8-6-7-17(13-18)21(28)25-23(32)26-11-10-24-22(29)19(26)14-20(27)30-12-9-15(2)3/h6-8,13,15-16,19H,5,9-12,14H2,1-4H3,(H,24,29)(H,25,28,32). The van der Waals surface area contributed by atoms with Crippen molar-refractivity contribution >= 4 is 35.1 Å². The number of amides is 2. The van der Waals surface area contributed by atoms with Gasteiger partial charge >= 0.3 is 5.97 Å². The van der Waals surface area contributed by atoms with Crippen molar-refractivity contribution < 1.29 is 23.9 Å². The Kier molecular flexibility index (Phi) is 9.90. The summed E-state index contributed by atoms with van der Waals surface area (Å²) in [7, 11) is 0. The number of thiocarbonyl (C=S) groups is 1. The molecular formula is C23H33N3O5S. The molecule has 1 saturated heterocycles. The molecule has 176 valence electrons. The Morgan fingerprint density at radius 3 is 2.75 bits per heavy atom. The van der Waals surface area contributed by atoms with Crippen LogP contribution in [0.25, 0.3) is 0 Å². The van der Waals surface area contributed by atoms with E-state index < -0.39 is 17.9 Å². The maximum atomic E-state index is 12.7. The molecule has 1 aliphatic heterocycles. The Balaban J connectivity index is 2.01. The smallest absolute Gasteiger partial charge is 0.308 e. The van der Waals surface area contributed by atoms with Gasteiger partial charge < -0.3 is 19.7 Å². The van der Waals surface area contributed by atoms with E-state index in [2.05, 4.69) is 10.6 Å². The first kappa shape index (κ1) is 25.6. The van der Waals surface area contributed by atoms with Gasteiger partial charge in [0.1, 0.15) is 11.8 Å². The van der Waals surface area contributed by atoms with E-state index in [0.29, 0.717) is 36.9 Å². The summed E-state index contributed by atoms with van der Waals surface area (Å²) in [6.45, 7) is 9.11. The summed E-state index contributed by atoms with van der Waals surface area (Å²) in [5, 5.41) is 5.50. The lowest BCUT2D eigenvalue weighted by Crippen LogP contribution is -2.60. The summed E-state index contributed by atoms with van der Waals surface area (Å²) in [6, 6.07) is 6.00. The fourth-order valence-electron chi connectivity index (χ4n) is 3.05. The van der Waals surface area contributed by atoms with E-state index >= 15 is 0 Å². The van der Waals surface area contributed by atoms with E-state index in [1.165, 1.54) is 0 Å². The van der Waals surface area contributed by atoms with Gasteiger partial charge in [-0.2, -0.15) is 0 Å². The first-order valence-electron chi connectivity index (χ1n) is 11.0. The molecule has 2 atom stereocenters. The molecule has 1 aromatic rings. The minimum atomic E-state index is -0.830. The van der Waals surface area contributed by atoms with Crippen molar-refractivity contribution in [1.29, 1.82) is 0 Å². The van der Waals surface area contributed by atoms with Gasteiger partial charge in [0, 0.05) is 18.7 Å². The predicted octanol–water partition coefficient (Wildman–Crippen LogP) is 2.66. The van der Waals surface area contributed by atoms with Gasteiger partial charge in [0.25, 0.3) is 5.91 Å². The molecular weight excluding hydrogens is 430 g/mol.